The second kappa shape index (κ2) is 8.05. The molecule has 34 heavy (non-hydrogen) atoms. The van der Waals surface area contributed by atoms with Crippen molar-refractivity contribution in [3.63, 3.8) is 0 Å². The first-order valence-electron chi connectivity index (χ1n) is 10.8. The number of rotatable bonds is 6. The molecule has 5 rings (SSSR count). The van der Waals surface area contributed by atoms with Crippen molar-refractivity contribution >= 4 is 40.2 Å². The highest BCUT2D eigenvalue weighted by Gasteiger charge is 2.64. The van der Waals surface area contributed by atoms with Crippen LogP contribution in [0.5, 0.6) is 0 Å². The van der Waals surface area contributed by atoms with Crippen molar-refractivity contribution in [2.45, 2.75) is 44.9 Å². The minimum Gasteiger partial charge on any atom is -0.364 e. The van der Waals surface area contributed by atoms with Crippen LogP contribution >= 0.6 is 11.6 Å². The summed E-state index contributed by atoms with van der Waals surface area (Å²) >= 11 is 5.82. The van der Waals surface area contributed by atoms with Gasteiger partial charge in [-0.2, -0.15) is 5.10 Å². The van der Waals surface area contributed by atoms with Gasteiger partial charge in [-0.25, -0.2) is 4.39 Å². The highest BCUT2D eigenvalue weighted by Crippen LogP contribution is 2.59. The average molecular weight is 485 g/mol. The molecule has 1 aliphatic heterocycles. The summed E-state index contributed by atoms with van der Waals surface area (Å²) in [6.07, 6.45) is 4.35. The summed E-state index contributed by atoms with van der Waals surface area (Å²) in [7, 11) is 0. The summed E-state index contributed by atoms with van der Waals surface area (Å²) in [5, 5.41) is 7.45. The summed E-state index contributed by atoms with van der Waals surface area (Å²) in [6.45, 7) is 1.83. The van der Waals surface area contributed by atoms with E-state index in [1.54, 1.807) is 23.1 Å². The number of aromatic nitrogens is 3. The topological polar surface area (TPSA) is 123 Å². The van der Waals surface area contributed by atoms with E-state index in [1.165, 1.54) is 23.1 Å². The van der Waals surface area contributed by atoms with E-state index >= 15 is 0 Å². The van der Waals surface area contributed by atoms with E-state index in [-0.39, 0.29) is 52.6 Å². The van der Waals surface area contributed by atoms with E-state index in [0.717, 1.165) is 6.42 Å². The third-order valence-electron chi connectivity index (χ3n) is 6.78. The highest BCUT2D eigenvalue weighted by molar-refractivity contribution is 6.30. The number of likely N-dealkylation sites (tertiary alicyclic amines) is 1. The van der Waals surface area contributed by atoms with Gasteiger partial charge in [0.1, 0.15) is 18.4 Å². The Hall–Kier alpha value is -3.53. The largest absolute Gasteiger partial charge is 0.364 e. The third-order valence-corrected chi connectivity index (χ3v) is 7.07. The summed E-state index contributed by atoms with van der Waals surface area (Å²) < 4.78 is 15.6. The van der Waals surface area contributed by atoms with Gasteiger partial charge in [0, 0.05) is 29.7 Å². The standard InChI is InChI=1S/C23H22ClFN6O3/c1-23-7-15(22(34)28-9-12-3-2-4-14(24)19(12)25)31(17(23)8-23)18(32)11-30-16-10-27-6-5-13(16)20(29-30)21(26)33/h2-6,10,15,17H,7-9,11H2,1H3,(H2,26,33)(H,28,34)/t15-,17+,23-/m0/s1. The molecule has 176 valence electrons. The Morgan fingerprint density at radius 1 is 1.29 bits per heavy atom. The maximum absolute atomic E-state index is 14.2. The molecular weight excluding hydrogens is 463 g/mol. The molecule has 3 aromatic rings. The smallest absolute Gasteiger partial charge is 0.269 e. The number of hydrogen-bond donors (Lipinski definition) is 2. The first-order valence-corrected chi connectivity index (χ1v) is 11.2. The lowest BCUT2D eigenvalue weighted by Gasteiger charge is -2.27. The van der Waals surface area contributed by atoms with Crippen molar-refractivity contribution in [3.8, 4) is 0 Å². The van der Waals surface area contributed by atoms with E-state index in [1.807, 2.05) is 6.92 Å². The SMILES string of the molecule is C[C@@]12C[C@@H](C(=O)NCc3cccc(Cl)c3F)N(C(=O)Cn3nc(C(N)=O)c4ccncc43)[C@@H]1C2. The number of halogens is 2. The molecule has 0 unspecified atom stereocenters. The van der Waals surface area contributed by atoms with Crippen LogP contribution in [0.3, 0.4) is 0 Å². The number of amides is 3. The first-order chi connectivity index (χ1) is 16.2. The average Bonchev–Trinajstić information content (AvgIpc) is 3.17. The van der Waals surface area contributed by atoms with Crippen molar-refractivity contribution in [2.75, 3.05) is 0 Å². The van der Waals surface area contributed by atoms with E-state index in [4.69, 9.17) is 17.3 Å². The Morgan fingerprint density at radius 2 is 2.09 bits per heavy atom. The quantitative estimate of drug-likeness (QED) is 0.554. The van der Waals surface area contributed by atoms with E-state index in [0.29, 0.717) is 17.3 Å². The van der Waals surface area contributed by atoms with Crippen LogP contribution in [0.1, 0.15) is 35.8 Å². The van der Waals surface area contributed by atoms with Gasteiger partial charge >= 0.3 is 0 Å². The van der Waals surface area contributed by atoms with Crippen LogP contribution in [0, 0.1) is 11.2 Å². The van der Waals surface area contributed by atoms with Crippen LogP contribution in [-0.2, 0) is 22.7 Å². The van der Waals surface area contributed by atoms with E-state index < -0.39 is 17.8 Å². The molecule has 1 saturated heterocycles. The maximum Gasteiger partial charge on any atom is 0.269 e. The minimum atomic E-state index is -0.705. The van der Waals surface area contributed by atoms with Gasteiger partial charge < -0.3 is 16.0 Å². The summed E-state index contributed by atoms with van der Waals surface area (Å²) in [4.78, 5) is 43.9. The van der Waals surface area contributed by atoms with Crippen LogP contribution < -0.4 is 11.1 Å². The number of carbonyl (C=O) groups excluding carboxylic acids is 3. The molecule has 1 aliphatic carbocycles. The molecule has 0 radical (unpaired) electrons. The zero-order valence-electron chi connectivity index (χ0n) is 18.3. The zero-order chi connectivity index (χ0) is 24.2. The second-order valence-electron chi connectivity index (χ2n) is 9.09. The third kappa shape index (κ3) is 3.67. The number of fused-ring (bicyclic) bond motifs is 2. The molecule has 11 heteroatoms. The summed E-state index contributed by atoms with van der Waals surface area (Å²) in [5.41, 5.74) is 6.13. The van der Waals surface area contributed by atoms with Gasteiger partial charge in [-0.15, -0.1) is 0 Å². The van der Waals surface area contributed by atoms with Crippen molar-refractivity contribution in [2.24, 2.45) is 11.1 Å². The van der Waals surface area contributed by atoms with Crippen LogP contribution in [0.4, 0.5) is 4.39 Å². The predicted molar refractivity (Wildman–Crippen MR) is 121 cm³/mol. The van der Waals surface area contributed by atoms with Crippen molar-refractivity contribution in [1.29, 1.82) is 0 Å². The Bertz CT molecular complexity index is 1340. The van der Waals surface area contributed by atoms with Crippen molar-refractivity contribution in [1.82, 2.24) is 25.0 Å². The van der Waals surface area contributed by atoms with Crippen molar-refractivity contribution in [3.05, 3.63) is 58.8 Å². The first kappa shape index (κ1) is 22.3. The lowest BCUT2D eigenvalue weighted by atomic mass is 10.0. The molecular formula is C23H22ClFN6O3. The lowest BCUT2D eigenvalue weighted by molar-refractivity contribution is -0.140. The van der Waals surface area contributed by atoms with Gasteiger partial charge in [0.05, 0.1) is 16.7 Å². The second-order valence-corrected chi connectivity index (χ2v) is 9.50. The van der Waals surface area contributed by atoms with E-state index in [9.17, 15) is 18.8 Å². The Kier molecular flexibility index (Phi) is 5.27. The number of nitrogens with zero attached hydrogens (tertiary/aromatic N) is 4. The normalized spacial score (nSPS) is 23.1. The molecule has 9 nitrogen and oxygen atoms in total. The van der Waals surface area contributed by atoms with Crippen LogP contribution in [-0.4, -0.2) is 49.5 Å². The minimum absolute atomic E-state index is 0.0190. The molecule has 0 spiro atoms. The fourth-order valence-corrected chi connectivity index (χ4v) is 5.07. The van der Waals surface area contributed by atoms with Gasteiger partial charge in [0.15, 0.2) is 5.69 Å². The van der Waals surface area contributed by atoms with Gasteiger partial charge in [-0.05, 0) is 30.4 Å². The molecule has 1 aromatic carbocycles. The van der Waals surface area contributed by atoms with E-state index in [2.05, 4.69) is 15.4 Å². The molecule has 2 fully saturated rings. The highest BCUT2D eigenvalue weighted by atomic mass is 35.5. The molecule has 0 bridgehead atoms. The number of nitrogens with one attached hydrogen (secondary N) is 1. The molecule has 1 saturated carbocycles. The number of carbonyl (C=O) groups is 3. The monoisotopic (exact) mass is 484 g/mol. The van der Waals surface area contributed by atoms with Crippen LogP contribution in [0.2, 0.25) is 5.02 Å². The fraction of sp³-hybridized carbons (Fsp3) is 0.348. The zero-order valence-corrected chi connectivity index (χ0v) is 19.1. The predicted octanol–water partition coefficient (Wildman–Crippen LogP) is 2.02. The summed E-state index contributed by atoms with van der Waals surface area (Å²) in [6, 6.07) is 5.46. The number of nitrogens with two attached hydrogens (primary N) is 1. The van der Waals surface area contributed by atoms with Crippen LogP contribution in [0.25, 0.3) is 10.9 Å². The Balaban J connectivity index is 1.35. The maximum atomic E-state index is 14.2. The number of piperidine rings is 1. The molecule has 3 atom stereocenters. The Morgan fingerprint density at radius 3 is 2.85 bits per heavy atom. The molecule has 2 aliphatic rings. The number of pyridine rings is 1. The molecule has 3 heterocycles. The van der Waals surface area contributed by atoms with Gasteiger partial charge in [0.25, 0.3) is 5.91 Å². The van der Waals surface area contributed by atoms with Gasteiger partial charge in [-0.3, -0.25) is 24.0 Å². The van der Waals surface area contributed by atoms with Gasteiger partial charge in [-0.1, -0.05) is 30.7 Å². The fourth-order valence-electron chi connectivity index (χ4n) is 4.88. The van der Waals surface area contributed by atoms with Crippen molar-refractivity contribution < 1.29 is 18.8 Å². The lowest BCUT2D eigenvalue weighted by Crippen LogP contribution is -2.48. The number of benzene rings is 1. The number of hydrogen-bond acceptors (Lipinski definition) is 5. The van der Waals surface area contributed by atoms with Gasteiger partial charge in [0.2, 0.25) is 11.8 Å². The number of primary amides is 1. The summed E-state index contributed by atoms with van der Waals surface area (Å²) in [5.74, 6) is -1.94. The Labute approximate surface area is 199 Å². The molecule has 3 N–H and O–H groups in total. The molecule has 3 amide bonds. The van der Waals surface area contributed by atoms with Crippen LogP contribution in [0.15, 0.2) is 36.7 Å². The molecule has 2 aromatic heterocycles.